The van der Waals surface area contributed by atoms with Gasteiger partial charge in [0.2, 0.25) is 0 Å². The van der Waals surface area contributed by atoms with Crippen molar-refractivity contribution in [2.45, 2.75) is 39.7 Å². The molecule has 2 aromatic rings. The van der Waals surface area contributed by atoms with Crippen LogP contribution in [0.1, 0.15) is 45.4 Å². The summed E-state index contributed by atoms with van der Waals surface area (Å²) in [6, 6.07) is 5.52. The Morgan fingerprint density at radius 1 is 1.21 bits per heavy atom. The maximum absolute atomic E-state index is 10.2. The molecule has 0 aliphatic carbocycles. The molecule has 0 amide bonds. The van der Waals surface area contributed by atoms with Crippen molar-refractivity contribution in [3.8, 4) is 5.82 Å². The second-order valence-electron chi connectivity index (χ2n) is 5.85. The topological polar surface area (TPSA) is 63.8 Å². The highest BCUT2D eigenvalue weighted by Gasteiger charge is 2.16. The Labute approximate surface area is 113 Å². The molecule has 0 aliphatic rings. The molecule has 0 fully saturated rings. The van der Waals surface area contributed by atoms with Gasteiger partial charge in [0.05, 0.1) is 24.2 Å². The summed E-state index contributed by atoms with van der Waals surface area (Å²) in [5, 5.41) is 18.3. The van der Waals surface area contributed by atoms with E-state index in [1.165, 1.54) is 4.80 Å². The predicted octanol–water partition coefficient (Wildman–Crippen LogP) is 2.52. The number of nitrogens with zero attached hydrogens (tertiary/aromatic N) is 4. The van der Waals surface area contributed by atoms with Gasteiger partial charge in [-0.2, -0.15) is 10.2 Å². The van der Waals surface area contributed by atoms with Gasteiger partial charge in [0.25, 0.3) is 0 Å². The minimum Gasteiger partial charge on any atom is -0.387 e. The first-order chi connectivity index (χ1) is 8.96. The zero-order chi connectivity index (χ0) is 13.9. The van der Waals surface area contributed by atoms with Crippen LogP contribution in [0.25, 0.3) is 5.82 Å². The van der Waals surface area contributed by atoms with E-state index in [0.717, 1.165) is 6.42 Å². The second kappa shape index (κ2) is 5.48. The van der Waals surface area contributed by atoms with E-state index >= 15 is 0 Å². The fraction of sp³-hybridized carbons (Fsp3) is 0.500. The summed E-state index contributed by atoms with van der Waals surface area (Å²) in [5.41, 5.74) is 0.876. The fourth-order valence-electron chi connectivity index (χ4n) is 1.79. The minimum atomic E-state index is -0.547. The number of hydrogen-bond donors (Lipinski definition) is 1. The molecule has 2 rings (SSSR count). The van der Waals surface area contributed by atoms with Crippen molar-refractivity contribution in [2.75, 3.05) is 0 Å². The van der Waals surface area contributed by atoms with Crippen molar-refractivity contribution in [3.63, 3.8) is 0 Å². The van der Waals surface area contributed by atoms with E-state index in [2.05, 4.69) is 36.0 Å². The minimum absolute atomic E-state index is 0.210. The normalized spacial score (nSPS) is 13.5. The van der Waals surface area contributed by atoms with Crippen molar-refractivity contribution >= 4 is 0 Å². The Morgan fingerprint density at radius 2 is 1.89 bits per heavy atom. The molecule has 5 heteroatoms. The molecule has 2 aromatic heterocycles. The molecule has 1 N–H and O–H groups in total. The average molecular weight is 260 g/mol. The number of pyridine rings is 1. The van der Waals surface area contributed by atoms with Gasteiger partial charge in [0, 0.05) is 0 Å². The molecule has 2 heterocycles. The first-order valence-electron chi connectivity index (χ1n) is 6.47. The molecule has 0 saturated heterocycles. The zero-order valence-corrected chi connectivity index (χ0v) is 11.6. The van der Waals surface area contributed by atoms with Crippen molar-refractivity contribution in [2.24, 2.45) is 5.41 Å². The van der Waals surface area contributed by atoms with Crippen LogP contribution in [0.4, 0.5) is 0 Å². The first-order valence-corrected chi connectivity index (χ1v) is 6.47. The van der Waals surface area contributed by atoms with E-state index in [1.54, 1.807) is 12.4 Å². The van der Waals surface area contributed by atoms with Gasteiger partial charge < -0.3 is 5.11 Å². The summed E-state index contributed by atoms with van der Waals surface area (Å²) in [6.45, 7) is 6.49. The molecule has 102 valence electrons. The maximum atomic E-state index is 10.2. The van der Waals surface area contributed by atoms with E-state index in [1.807, 2.05) is 18.2 Å². The van der Waals surface area contributed by atoms with Gasteiger partial charge in [-0.25, -0.2) is 4.98 Å². The lowest BCUT2D eigenvalue weighted by molar-refractivity contribution is 0.143. The van der Waals surface area contributed by atoms with Crippen molar-refractivity contribution in [1.82, 2.24) is 20.0 Å². The van der Waals surface area contributed by atoms with E-state index < -0.39 is 6.10 Å². The van der Waals surface area contributed by atoms with Crippen LogP contribution < -0.4 is 0 Å². The van der Waals surface area contributed by atoms with Crippen molar-refractivity contribution < 1.29 is 5.11 Å². The molecule has 5 nitrogen and oxygen atoms in total. The van der Waals surface area contributed by atoms with Crippen LogP contribution in [0.3, 0.4) is 0 Å². The number of hydrogen-bond acceptors (Lipinski definition) is 4. The summed E-state index contributed by atoms with van der Waals surface area (Å²) in [6.07, 6.45) is 4.30. The van der Waals surface area contributed by atoms with Gasteiger partial charge in [-0.3, -0.25) is 0 Å². The predicted molar refractivity (Wildman–Crippen MR) is 72.8 cm³/mol. The van der Waals surface area contributed by atoms with Crippen LogP contribution in [-0.2, 0) is 0 Å². The molecule has 0 radical (unpaired) electrons. The zero-order valence-electron chi connectivity index (χ0n) is 11.6. The van der Waals surface area contributed by atoms with E-state index in [4.69, 9.17) is 0 Å². The Balaban J connectivity index is 2.10. The third-order valence-electron chi connectivity index (χ3n) is 2.89. The lowest BCUT2D eigenvalue weighted by atomic mass is 9.89. The fourth-order valence-corrected chi connectivity index (χ4v) is 1.79. The largest absolute Gasteiger partial charge is 0.387 e. The molecule has 0 saturated carbocycles. The molecule has 0 bridgehead atoms. The summed E-state index contributed by atoms with van der Waals surface area (Å²) < 4.78 is 0. The smallest absolute Gasteiger partial charge is 0.174 e. The molecule has 1 atom stereocenters. The molecule has 19 heavy (non-hydrogen) atoms. The summed E-state index contributed by atoms with van der Waals surface area (Å²) in [5.74, 6) is 0.623. The molecular formula is C14H20N4O. The SMILES string of the molecule is CC(C)(C)CC[C@H](O)c1cccc(-n2nccn2)n1. The van der Waals surface area contributed by atoms with Crippen LogP contribution in [-0.4, -0.2) is 25.1 Å². The van der Waals surface area contributed by atoms with E-state index in [0.29, 0.717) is 17.9 Å². The third kappa shape index (κ3) is 3.86. The lowest BCUT2D eigenvalue weighted by Gasteiger charge is -2.20. The van der Waals surface area contributed by atoms with Gasteiger partial charge in [-0.05, 0) is 30.4 Å². The highest BCUT2D eigenvalue weighted by Crippen LogP contribution is 2.26. The van der Waals surface area contributed by atoms with E-state index in [9.17, 15) is 5.11 Å². The summed E-state index contributed by atoms with van der Waals surface area (Å²) >= 11 is 0. The van der Waals surface area contributed by atoms with Gasteiger partial charge in [-0.1, -0.05) is 26.8 Å². The number of aromatic nitrogens is 4. The third-order valence-corrected chi connectivity index (χ3v) is 2.89. The van der Waals surface area contributed by atoms with Crippen LogP contribution in [0, 0.1) is 5.41 Å². The van der Waals surface area contributed by atoms with Crippen LogP contribution in [0.15, 0.2) is 30.6 Å². The standard InChI is InChI=1S/C14H20N4O/c1-14(2,3)8-7-12(19)11-5-4-6-13(17-11)18-15-9-10-16-18/h4-6,9-10,12,19H,7-8H2,1-3H3/t12-/m0/s1. The van der Waals surface area contributed by atoms with E-state index in [-0.39, 0.29) is 5.41 Å². The highest BCUT2D eigenvalue weighted by atomic mass is 16.3. The molecule has 0 aliphatic heterocycles. The number of aliphatic hydroxyl groups excluding tert-OH is 1. The van der Waals surface area contributed by atoms with Gasteiger partial charge in [0.15, 0.2) is 5.82 Å². The Morgan fingerprint density at radius 3 is 2.53 bits per heavy atom. The van der Waals surface area contributed by atoms with Gasteiger partial charge in [-0.15, -0.1) is 4.80 Å². The quantitative estimate of drug-likeness (QED) is 0.917. The molecule has 0 spiro atoms. The van der Waals surface area contributed by atoms with Gasteiger partial charge in [0.1, 0.15) is 0 Å². The van der Waals surface area contributed by atoms with Crippen LogP contribution in [0.5, 0.6) is 0 Å². The van der Waals surface area contributed by atoms with Crippen molar-refractivity contribution in [1.29, 1.82) is 0 Å². The average Bonchev–Trinajstić information content (AvgIpc) is 2.89. The highest BCUT2D eigenvalue weighted by molar-refractivity contribution is 5.22. The second-order valence-corrected chi connectivity index (χ2v) is 5.85. The van der Waals surface area contributed by atoms with Crippen LogP contribution >= 0.6 is 0 Å². The van der Waals surface area contributed by atoms with Crippen LogP contribution in [0.2, 0.25) is 0 Å². The molecule has 0 unspecified atom stereocenters. The van der Waals surface area contributed by atoms with Crippen molar-refractivity contribution in [3.05, 3.63) is 36.3 Å². The molecule has 0 aromatic carbocycles. The Bertz CT molecular complexity index is 516. The summed E-state index contributed by atoms with van der Waals surface area (Å²) in [7, 11) is 0. The Kier molecular flexibility index (Phi) is 3.95. The Hall–Kier alpha value is -1.75. The summed E-state index contributed by atoms with van der Waals surface area (Å²) in [4.78, 5) is 5.85. The number of rotatable bonds is 4. The maximum Gasteiger partial charge on any atom is 0.174 e. The number of aliphatic hydroxyl groups is 1. The molecular weight excluding hydrogens is 240 g/mol. The lowest BCUT2D eigenvalue weighted by Crippen LogP contribution is -2.10. The van der Waals surface area contributed by atoms with Gasteiger partial charge >= 0.3 is 0 Å². The first kappa shape index (κ1) is 13.7. The monoisotopic (exact) mass is 260 g/mol.